The molecule has 0 aliphatic carbocycles. The summed E-state index contributed by atoms with van der Waals surface area (Å²) in [5, 5.41) is 9.69. The minimum Gasteiger partial charge on any atom is -0.496 e. The number of carbonyl (C=O) groups excluding carboxylic acids is 2. The molecule has 168 valence electrons. The third-order valence-corrected chi connectivity index (χ3v) is 6.19. The van der Waals surface area contributed by atoms with E-state index < -0.39 is 5.91 Å². The van der Waals surface area contributed by atoms with Crippen molar-refractivity contribution in [2.75, 3.05) is 51.3 Å². The standard InChI is InChI=1S/C24H26ClN3O4/c1-16-7-8-17(25)15-19(16)28-23(30)21(18-5-3-4-6-20(18)32-2)22(24(28)31)27-11-9-26(10-12-27)13-14-29/h3-8,15,29H,9-14H2,1-2H3. The van der Waals surface area contributed by atoms with E-state index in [0.29, 0.717) is 66.0 Å². The van der Waals surface area contributed by atoms with Gasteiger partial charge in [0.25, 0.3) is 11.8 Å². The van der Waals surface area contributed by atoms with Crippen LogP contribution in [0.15, 0.2) is 48.2 Å². The van der Waals surface area contributed by atoms with Gasteiger partial charge in [0.2, 0.25) is 0 Å². The first-order valence-electron chi connectivity index (χ1n) is 10.6. The molecule has 0 atom stereocenters. The van der Waals surface area contributed by atoms with E-state index in [0.717, 1.165) is 5.56 Å². The van der Waals surface area contributed by atoms with Crippen molar-refractivity contribution < 1.29 is 19.4 Å². The highest BCUT2D eigenvalue weighted by molar-refractivity contribution is 6.46. The highest BCUT2D eigenvalue weighted by Gasteiger charge is 2.44. The first-order chi connectivity index (χ1) is 15.5. The Bertz CT molecular complexity index is 1080. The highest BCUT2D eigenvalue weighted by atomic mass is 35.5. The SMILES string of the molecule is COc1ccccc1C1=C(N2CCN(CCO)CC2)C(=O)N(c2cc(Cl)ccc2C)C1=O. The van der Waals surface area contributed by atoms with Crippen LogP contribution in [0.2, 0.25) is 5.02 Å². The maximum absolute atomic E-state index is 13.7. The van der Waals surface area contributed by atoms with E-state index in [1.807, 2.05) is 24.0 Å². The molecule has 0 bridgehead atoms. The number of hydrogen-bond donors (Lipinski definition) is 1. The van der Waals surface area contributed by atoms with Gasteiger partial charge in [0.05, 0.1) is 25.0 Å². The molecule has 32 heavy (non-hydrogen) atoms. The molecule has 1 fully saturated rings. The van der Waals surface area contributed by atoms with Crippen LogP contribution >= 0.6 is 11.6 Å². The zero-order valence-corrected chi connectivity index (χ0v) is 18.9. The lowest BCUT2D eigenvalue weighted by Crippen LogP contribution is -2.48. The van der Waals surface area contributed by atoms with Gasteiger partial charge < -0.3 is 14.7 Å². The average molecular weight is 456 g/mol. The topological polar surface area (TPSA) is 73.3 Å². The second-order valence-electron chi connectivity index (χ2n) is 7.85. The Morgan fingerprint density at radius 3 is 2.44 bits per heavy atom. The number of carbonyl (C=O) groups is 2. The number of para-hydroxylation sites is 1. The van der Waals surface area contributed by atoms with Crippen LogP contribution < -0.4 is 9.64 Å². The summed E-state index contributed by atoms with van der Waals surface area (Å²) in [6, 6.07) is 12.4. The number of aryl methyl sites for hydroxylation is 1. The van der Waals surface area contributed by atoms with Gasteiger partial charge in [-0.1, -0.05) is 35.9 Å². The normalized spacial score (nSPS) is 17.5. The predicted molar refractivity (Wildman–Crippen MR) is 124 cm³/mol. The third kappa shape index (κ3) is 3.99. The van der Waals surface area contributed by atoms with Crippen molar-refractivity contribution in [2.24, 2.45) is 0 Å². The van der Waals surface area contributed by atoms with E-state index >= 15 is 0 Å². The molecule has 2 aromatic rings. The Hall–Kier alpha value is -2.87. The molecule has 0 aromatic heterocycles. The molecule has 2 aliphatic heterocycles. The number of anilines is 1. The Morgan fingerprint density at radius 1 is 1.03 bits per heavy atom. The predicted octanol–water partition coefficient (Wildman–Crippen LogP) is 2.55. The number of rotatable bonds is 6. The molecule has 0 radical (unpaired) electrons. The minimum absolute atomic E-state index is 0.0917. The van der Waals surface area contributed by atoms with Crippen molar-refractivity contribution in [1.82, 2.24) is 9.80 Å². The van der Waals surface area contributed by atoms with E-state index in [1.165, 1.54) is 4.90 Å². The van der Waals surface area contributed by atoms with Gasteiger partial charge in [0.15, 0.2) is 0 Å². The number of methoxy groups -OCH3 is 1. The number of piperazine rings is 1. The number of aliphatic hydroxyl groups excluding tert-OH is 1. The van der Waals surface area contributed by atoms with E-state index in [2.05, 4.69) is 4.90 Å². The van der Waals surface area contributed by atoms with E-state index in [4.69, 9.17) is 16.3 Å². The summed E-state index contributed by atoms with van der Waals surface area (Å²) in [7, 11) is 1.55. The zero-order chi connectivity index (χ0) is 22.8. The summed E-state index contributed by atoms with van der Waals surface area (Å²) >= 11 is 6.20. The first-order valence-corrected chi connectivity index (χ1v) is 10.9. The summed E-state index contributed by atoms with van der Waals surface area (Å²) in [6.07, 6.45) is 0. The van der Waals surface area contributed by atoms with Gasteiger partial charge in [-0.2, -0.15) is 0 Å². The number of nitrogens with zero attached hydrogens (tertiary/aromatic N) is 3. The van der Waals surface area contributed by atoms with Crippen LogP contribution in [-0.2, 0) is 9.59 Å². The molecule has 2 amide bonds. The fourth-order valence-electron chi connectivity index (χ4n) is 4.28. The summed E-state index contributed by atoms with van der Waals surface area (Å²) in [5.41, 5.74) is 2.56. The fraction of sp³-hybridized carbons (Fsp3) is 0.333. The second kappa shape index (κ2) is 9.32. The maximum atomic E-state index is 13.7. The molecule has 8 heteroatoms. The highest BCUT2D eigenvalue weighted by Crippen LogP contribution is 2.39. The largest absolute Gasteiger partial charge is 0.496 e. The molecule has 4 rings (SSSR count). The second-order valence-corrected chi connectivity index (χ2v) is 8.29. The number of β-amino-alcohol motifs (C(OH)–C–C–N with tert-alkyl or cyclic N) is 1. The molecule has 0 spiro atoms. The van der Waals surface area contributed by atoms with Gasteiger partial charge in [-0.15, -0.1) is 0 Å². The van der Waals surface area contributed by atoms with Crippen LogP contribution in [0.5, 0.6) is 5.75 Å². The number of imide groups is 1. The van der Waals surface area contributed by atoms with Gasteiger partial charge >= 0.3 is 0 Å². The lowest BCUT2D eigenvalue weighted by molar-refractivity contribution is -0.120. The lowest BCUT2D eigenvalue weighted by Gasteiger charge is -2.36. The third-order valence-electron chi connectivity index (χ3n) is 5.95. The van der Waals surface area contributed by atoms with Crippen molar-refractivity contribution in [3.8, 4) is 5.75 Å². The maximum Gasteiger partial charge on any atom is 0.282 e. The molecule has 0 saturated carbocycles. The number of halogens is 1. The van der Waals surface area contributed by atoms with Crippen molar-refractivity contribution >= 4 is 34.7 Å². The summed E-state index contributed by atoms with van der Waals surface area (Å²) < 4.78 is 5.52. The van der Waals surface area contributed by atoms with E-state index in [1.54, 1.807) is 37.4 Å². The van der Waals surface area contributed by atoms with Crippen molar-refractivity contribution in [2.45, 2.75) is 6.92 Å². The molecule has 2 heterocycles. The van der Waals surface area contributed by atoms with Crippen molar-refractivity contribution in [3.63, 3.8) is 0 Å². The number of ether oxygens (including phenoxy) is 1. The average Bonchev–Trinajstić information content (AvgIpc) is 3.06. The summed E-state index contributed by atoms with van der Waals surface area (Å²) in [4.78, 5) is 32.8. The Labute approximate surface area is 192 Å². The monoisotopic (exact) mass is 455 g/mol. The number of hydrogen-bond acceptors (Lipinski definition) is 6. The van der Waals surface area contributed by atoms with Crippen molar-refractivity contribution in [1.29, 1.82) is 0 Å². The minimum atomic E-state index is -0.391. The zero-order valence-electron chi connectivity index (χ0n) is 18.2. The summed E-state index contributed by atoms with van der Waals surface area (Å²) in [6.45, 7) is 5.08. The smallest absolute Gasteiger partial charge is 0.282 e. The Balaban J connectivity index is 1.81. The molecule has 7 nitrogen and oxygen atoms in total. The molecule has 1 N–H and O–H groups in total. The number of benzene rings is 2. The lowest BCUT2D eigenvalue weighted by atomic mass is 10.0. The van der Waals surface area contributed by atoms with Gasteiger partial charge in [0, 0.05) is 43.3 Å². The van der Waals surface area contributed by atoms with Gasteiger partial charge in [-0.25, -0.2) is 4.90 Å². The van der Waals surface area contributed by atoms with Gasteiger partial charge in [-0.05, 0) is 30.7 Å². The quantitative estimate of drug-likeness (QED) is 0.675. The van der Waals surface area contributed by atoms with Crippen LogP contribution in [0.1, 0.15) is 11.1 Å². The van der Waals surface area contributed by atoms with Gasteiger partial charge in [0.1, 0.15) is 11.4 Å². The fourth-order valence-corrected chi connectivity index (χ4v) is 4.45. The Morgan fingerprint density at radius 2 is 1.75 bits per heavy atom. The van der Waals surface area contributed by atoms with E-state index in [9.17, 15) is 14.7 Å². The van der Waals surface area contributed by atoms with E-state index in [-0.39, 0.29) is 12.5 Å². The molecular weight excluding hydrogens is 430 g/mol. The van der Waals surface area contributed by atoms with Crippen LogP contribution in [0.4, 0.5) is 5.69 Å². The first kappa shape index (κ1) is 22.3. The van der Waals surface area contributed by atoms with Crippen LogP contribution in [0.3, 0.4) is 0 Å². The number of aliphatic hydroxyl groups is 1. The van der Waals surface area contributed by atoms with Crippen molar-refractivity contribution in [3.05, 3.63) is 64.3 Å². The van der Waals surface area contributed by atoms with Crippen LogP contribution in [0.25, 0.3) is 5.57 Å². The molecule has 1 saturated heterocycles. The molecule has 2 aliphatic rings. The Kier molecular flexibility index (Phi) is 6.50. The number of amides is 2. The molecule has 2 aromatic carbocycles. The van der Waals surface area contributed by atoms with Crippen LogP contribution in [0, 0.1) is 6.92 Å². The molecule has 0 unspecified atom stereocenters. The molecular formula is C24H26ClN3O4. The van der Waals surface area contributed by atoms with Gasteiger partial charge in [-0.3, -0.25) is 14.5 Å². The summed E-state index contributed by atoms with van der Waals surface area (Å²) in [5.74, 6) is -0.223. The van der Waals surface area contributed by atoms with Crippen LogP contribution in [-0.4, -0.2) is 73.2 Å².